The van der Waals surface area contributed by atoms with Crippen LogP contribution in [0.3, 0.4) is 0 Å². The van der Waals surface area contributed by atoms with Crippen LogP contribution >= 0.6 is 0 Å². The number of nitrogens with one attached hydrogen (secondary N) is 1. The molecule has 0 amide bonds. The maximum Gasteiger partial charge on any atom is 0.130 e. The third kappa shape index (κ3) is 3.77. The van der Waals surface area contributed by atoms with Crippen molar-refractivity contribution in [3.05, 3.63) is 83.1 Å². The third-order valence-corrected chi connectivity index (χ3v) is 3.90. The molecule has 3 aromatic rings. The van der Waals surface area contributed by atoms with Gasteiger partial charge in [-0.3, -0.25) is 4.98 Å². The second-order valence-corrected chi connectivity index (χ2v) is 5.89. The highest BCUT2D eigenvalue weighted by atomic mass is 15.1. The molecule has 2 aromatic heterocycles. The number of aromatic nitrogens is 3. The first-order valence-electron chi connectivity index (χ1n) is 8.24. The van der Waals surface area contributed by atoms with Gasteiger partial charge < -0.3 is 5.32 Å². The van der Waals surface area contributed by atoms with Crippen molar-refractivity contribution in [1.29, 1.82) is 0 Å². The van der Waals surface area contributed by atoms with E-state index in [1.165, 1.54) is 11.1 Å². The summed E-state index contributed by atoms with van der Waals surface area (Å²) >= 11 is 0. The highest BCUT2D eigenvalue weighted by Crippen LogP contribution is 2.25. The minimum atomic E-state index is -0.0508. The van der Waals surface area contributed by atoms with Crippen molar-refractivity contribution in [3.8, 4) is 0 Å². The zero-order chi connectivity index (χ0) is 16.9. The van der Waals surface area contributed by atoms with Gasteiger partial charge in [-0.1, -0.05) is 42.8 Å². The van der Waals surface area contributed by atoms with E-state index in [2.05, 4.69) is 58.4 Å². The number of pyridine rings is 1. The largest absolute Gasteiger partial charge is 0.357 e. The van der Waals surface area contributed by atoms with Crippen LogP contribution in [0.4, 0.5) is 5.82 Å². The van der Waals surface area contributed by atoms with Crippen LogP contribution in [-0.2, 0) is 6.42 Å². The molecule has 1 atom stereocenters. The van der Waals surface area contributed by atoms with Gasteiger partial charge in [0.1, 0.15) is 11.6 Å². The Bertz CT molecular complexity index is 815. The fraction of sp³-hybridized carbons (Fsp3) is 0.250. The summed E-state index contributed by atoms with van der Waals surface area (Å²) in [6.07, 6.45) is 2.71. The standard InChI is InChI=1S/C20H22N4/c1-4-17-13-19(23-15(3)22-17)24-20(18-10-5-6-11-21-18)16-9-7-8-14(2)12-16/h5-13,20H,4H2,1-3H3,(H,22,23,24). The number of anilines is 1. The normalized spacial score (nSPS) is 12.0. The summed E-state index contributed by atoms with van der Waals surface area (Å²) in [5.41, 5.74) is 4.40. The molecule has 4 nitrogen and oxygen atoms in total. The molecule has 0 aliphatic rings. The molecule has 0 aliphatic heterocycles. The molecule has 3 rings (SSSR count). The van der Waals surface area contributed by atoms with Crippen LogP contribution in [0.25, 0.3) is 0 Å². The molecule has 0 saturated carbocycles. The molecule has 24 heavy (non-hydrogen) atoms. The lowest BCUT2D eigenvalue weighted by Gasteiger charge is -2.20. The average Bonchev–Trinajstić information content (AvgIpc) is 2.60. The van der Waals surface area contributed by atoms with E-state index in [4.69, 9.17) is 0 Å². The van der Waals surface area contributed by atoms with Crippen molar-refractivity contribution in [1.82, 2.24) is 15.0 Å². The monoisotopic (exact) mass is 318 g/mol. The number of nitrogens with zero attached hydrogens (tertiary/aromatic N) is 3. The van der Waals surface area contributed by atoms with Crippen LogP contribution in [0.1, 0.15) is 41.3 Å². The molecular formula is C20H22N4. The molecule has 0 radical (unpaired) electrons. The Kier molecular flexibility index (Phi) is 4.85. The van der Waals surface area contributed by atoms with E-state index in [1.54, 1.807) is 0 Å². The van der Waals surface area contributed by atoms with Gasteiger partial charge in [-0.2, -0.15) is 0 Å². The molecule has 2 heterocycles. The predicted octanol–water partition coefficient (Wildman–Crippen LogP) is 4.25. The maximum atomic E-state index is 4.55. The van der Waals surface area contributed by atoms with Gasteiger partial charge in [-0.25, -0.2) is 9.97 Å². The molecule has 1 unspecified atom stereocenters. The zero-order valence-corrected chi connectivity index (χ0v) is 14.3. The zero-order valence-electron chi connectivity index (χ0n) is 14.3. The topological polar surface area (TPSA) is 50.7 Å². The number of rotatable bonds is 5. The Morgan fingerprint density at radius 2 is 1.88 bits per heavy atom. The first kappa shape index (κ1) is 16.1. The van der Waals surface area contributed by atoms with Crippen LogP contribution in [0, 0.1) is 13.8 Å². The van der Waals surface area contributed by atoms with Crippen molar-refractivity contribution in [3.63, 3.8) is 0 Å². The predicted molar refractivity (Wildman–Crippen MR) is 97.0 cm³/mol. The first-order chi connectivity index (χ1) is 11.7. The van der Waals surface area contributed by atoms with Crippen LogP contribution in [-0.4, -0.2) is 15.0 Å². The molecule has 0 bridgehead atoms. The summed E-state index contributed by atoms with van der Waals surface area (Å²) in [5.74, 6) is 1.61. The van der Waals surface area contributed by atoms with E-state index in [9.17, 15) is 0 Å². The lowest BCUT2D eigenvalue weighted by molar-refractivity contribution is 0.861. The maximum absolute atomic E-state index is 4.55. The highest BCUT2D eigenvalue weighted by molar-refractivity contribution is 5.44. The molecule has 0 saturated heterocycles. The SMILES string of the molecule is CCc1cc(NC(c2cccc(C)c2)c2ccccn2)nc(C)n1. The van der Waals surface area contributed by atoms with E-state index in [1.807, 2.05) is 37.4 Å². The van der Waals surface area contributed by atoms with Gasteiger partial charge in [0.05, 0.1) is 11.7 Å². The molecule has 4 heteroatoms. The molecule has 122 valence electrons. The number of aryl methyl sites for hydroxylation is 3. The lowest BCUT2D eigenvalue weighted by Crippen LogP contribution is -2.15. The first-order valence-corrected chi connectivity index (χ1v) is 8.24. The number of hydrogen-bond acceptors (Lipinski definition) is 4. The minimum Gasteiger partial charge on any atom is -0.357 e. The van der Waals surface area contributed by atoms with Crippen molar-refractivity contribution >= 4 is 5.82 Å². The summed E-state index contributed by atoms with van der Waals surface area (Å²) in [6.45, 7) is 6.12. The average molecular weight is 318 g/mol. The lowest BCUT2D eigenvalue weighted by atomic mass is 10.0. The van der Waals surface area contributed by atoms with Gasteiger partial charge >= 0.3 is 0 Å². The molecule has 0 spiro atoms. The van der Waals surface area contributed by atoms with Gasteiger partial charge in [-0.15, -0.1) is 0 Å². The summed E-state index contributed by atoms with van der Waals surface area (Å²) in [7, 11) is 0. The van der Waals surface area contributed by atoms with Crippen LogP contribution < -0.4 is 5.32 Å². The Balaban J connectivity index is 2.01. The van der Waals surface area contributed by atoms with E-state index >= 15 is 0 Å². The van der Waals surface area contributed by atoms with Crippen molar-refractivity contribution < 1.29 is 0 Å². The van der Waals surface area contributed by atoms with Crippen molar-refractivity contribution in [2.45, 2.75) is 33.2 Å². The summed E-state index contributed by atoms with van der Waals surface area (Å²) < 4.78 is 0. The Morgan fingerprint density at radius 3 is 2.58 bits per heavy atom. The van der Waals surface area contributed by atoms with Gasteiger partial charge in [0.2, 0.25) is 0 Å². The van der Waals surface area contributed by atoms with Gasteiger partial charge in [-0.05, 0) is 38.0 Å². The second-order valence-electron chi connectivity index (χ2n) is 5.89. The van der Waals surface area contributed by atoms with E-state index in [-0.39, 0.29) is 6.04 Å². The van der Waals surface area contributed by atoms with Crippen molar-refractivity contribution in [2.75, 3.05) is 5.32 Å². The Morgan fingerprint density at radius 1 is 1.00 bits per heavy atom. The molecular weight excluding hydrogens is 296 g/mol. The number of hydrogen-bond donors (Lipinski definition) is 1. The molecule has 0 aliphatic carbocycles. The summed E-state index contributed by atoms with van der Waals surface area (Å²) in [5, 5.41) is 3.54. The fourth-order valence-corrected chi connectivity index (χ4v) is 2.76. The Hall–Kier alpha value is -2.75. The summed E-state index contributed by atoms with van der Waals surface area (Å²) in [6, 6.07) is 16.4. The summed E-state index contributed by atoms with van der Waals surface area (Å²) in [4.78, 5) is 13.5. The molecule has 1 aromatic carbocycles. The van der Waals surface area contributed by atoms with Crippen LogP contribution in [0.5, 0.6) is 0 Å². The van der Waals surface area contributed by atoms with E-state index < -0.39 is 0 Å². The Labute approximate surface area is 143 Å². The van der Waals surface area contributed by atoms with Gasteiger partial charge in [0, 0.05) is 18.0 Å². The van der Waals surface area contributed by atoms with E-state index in [0.717, 1.165) is 29.5 Å². The number of benzene rings is 1. The van der Waals surface area contributed by atoms with Gasteiger partial charge in [0.25, 0.3) is 0 Å². The van der Waals surface area contributed by atoms with Crippen LogP contribution in [0.2, 0.25) is 0 Å². The molecule has 1 N–H and O–H groups in total. The highest BCUT2D eigenvalue weighted by Gasteiger charge is 2.16. The minimum absolute atomic E-state index is 0.0508. The van der Waals surface area contributed by atoms with Crippen LogP contribution in [0.15, 0.2) is 54.7 Å². The van der Waals surface area contributed by atoms with E-state index in [0.29, 0.717) is 0 Å². The third-order valence-electron chi connectivity index (χ3n) is 3.90. The second kappa shape index (κ2) is 7.21. The smallest absolute Gasteiger partial charge is 0.130 e. The quantitative estimate of drug-likeness (QED) is 0.764. The molecule has 0 fully saturated rings. The van der Waals surface area contributed by atoms with Crippen molar-refractivity contribution in [2.24, 2.45) is 0 Å². The fourth-order valence-electron chi connectivity index (χ4n) is 2.76. The van der Waals surface area contributed by atoms with Gasteiger partial charge in [0.15, 0.2) is 0 Å².